The maximum absolute atomic E-state index is 11.4. The molecule has 0 heterocycles. The van der Waals surface area contributed by atoms with Crippen LogP contribution in [0.1, 0.15) is 44.2 Å². The standard InChI is InChI=1S/C16H25NO2/c1-5-10-17(12-16(18)19-4)11-14-6-8-15(9-7-14)13(2)3/h6-9,13H,5,10-12H2,1-4H3. The van der Waals surface area contributed by atoms with Crippen molar-refractivity contribution in [2.24, 2.45) is 0 Å². The number of rotatable bonds is 7. The van der Waals surface area contributed by atoms with Gasteiger partial charge in [-0.2, -0.15) is 0 Å². The van der Waals surface area contributed by atoms with Crippen molar-refractivity contribution in [2.45, 2.75) is 39.7 Å². The minimum Gasteiger partial charge on any atom is -0.468 e. The summed E-state index contributed by atoms with van der Waals surface area (Å²) >= 11 is 0. The zero-order valence-electron chi connectivity index (χ0n) is 12.5. The van der Waals surface area contributed by atoms with E-state index in [9.17, 15) is 4.79 Å². The van der Waals surface area contributed by atoms with Crippen LogP contribution in [0, 0.1) is 0 Å². The maximum atomic E-state index is 11.4. The molecule has 0 bridgehead atoms. The fourth-order valence-electron chi connectivity index (χ4n) is 2.04. The lowest BCUT2D eigenvalue weighted by Gasteiger charge is -2.20. The van der Waals surface area contributed by atoms with E-state index in [0.29, 0.717) is 12.5 Å². The predicted molar refractivity (Wildman–Crippen MR) is 78.1 cm³/mol. The Morgan fingerprint density at radius 3 is 2.37 bits per heavy atom. The average Bonchev–Trinajstić information content (AvgIpc) is 2.39. The average molecular weight is 263 g/mol. The van der Waals surface area contributed by atoms with E-state index in [2.05, 4.69) is 49.9 Å². The van der Waals surface area contributed by atoms with Crippen molar-refractivity contribution in [1.82, 2.24) is 4.90 Å². The highest BCUT2D eigenvalue weighted by Gasteiger charge is 2.10. The zero-order valence-corrected chi connectivity index (χ0v) is 12.5. The quantitative estimate of drug-likeness (QED) is 0.708. The molecule has 0 atom stereocenters. The molecule has 0 aromatic heterocycles. The lowest BCUT2D eigenvalue weighted by atomic mass is 10.0. The van der Waals surface area contributed by atoms with Gasteiger partial charge in [0.25, 0.3) is 0 Å². The van der Waals surface area contributed by atoms with Gasteiger partial charge in [0.05, 0.1) is 13.7 Å². The monoisotopic (exact) mass is 263 g/mol. The van der Waals surface area contributed by atoms with Crippen LogP contribution in [0.3, 0.4) is 0 Å². The molecule has 1 aromatic rings. The van der Waals surface area contributed by atoms with Crippen LogP contribution in [0.25, 0.3) is 0 Å². The molecule has 0 spiro atoms. The largest absolute Gasteiger partial charge is 0.468 e. The summed E-state index contributed by atoms with van der Waals surface area (Å²) in [5.74, 6) is 0.378. The molecule has 0 fully saturated rings. The van der Waals surface area contributed by atoms with Gasteiger partial charge in [-0.15, -0.1) is 0 Å². The molecule has 0 amide bonds. The molecule has 0 saturated heterocycles. The van der Waals surface area contributed by atoms with Crippen molar-refractivity contribution >= 4 is 5.97 Å². The summed E-state index contributed by atoms with van der Waals surface area (Å²) in [5, 5.41) is 0. The second-order valence-electron chi connectivity index (χ2n) is 5.18. The molecule has 19 heavy (non-hydrogen) atoms. The summed E-state index contributed by atoms with van der Waals surface area (Å²) in [5.41, 5.74) is 2.58. The number of hydrogen-bond donors (Lipinski definition) is 0. The molecule has 0 unspecified atom stereocenters. The summed E-state index contributed by atoms with van der Waals surface area (Å²) in [6.07, 6.45) is 1.03. The number of hydrogen-bond acceptors (Lipinski definition) is 3. The van der Waals surface area contributed by atoms with Crippen LogP contribution >= 0.6 is 0 Å². The normalized spacial score (nSPS) is 11.1. The molecule has 0 aliphatic rings. The molecule has 3 heteroatoms. The van der Waals surface area contributed by atoms with Gasteiger partial charge in [0.1, 0.15) is 0 Å². The predicted octanol–water partition coefficient (Wildman–Crippen LogP) is 3.20. The third-order valence-electron chi connectivity index (χ3n) is 3.17. The fourth-order valence-corrected chi connectivity index (χ4v) is 2.04. The fraction of sp³-hybridized carbons (Fsp3) is 0.562. The smallest absolute Gasteiger partial charge is 0.319 e. The maximum Gasteiger partial charge on any atom is 0.319 e. The van der Waals surface area contributed by atoms with Gasteiger partial charge in [-0.1, -0.05) is 45.0 Å². The number of benzene rings is 1. The van der Waals surface area contributed by atoms with Gasteiger partial charge in [0, 0.05) is 6.54 Å². The summed E-state index contributed by atoms with van der Waals surface area (Å²) in [6.45, 7) is 8.55. The summed E-state index contributed by atoms with van der Waals surface area (Å²) in [6, 6.07) is 8.63. The van der Waals surface area contributed by atoms with Crippen molar-refractivity contribution in [1.29, 1.82) is 0 Å². The van der Waals surface area contributed by atoms with Crippen LogP contribution in [-0.4, -0.2) is 31.1 Å². The molecule has 0 aliphatic carbocycles. The molecule has 3 nitrogen and oxygen atoms in total. The van der Waals surface area contributed by atoms with Gasteiger partial charge in [-0.3, -0.25) is 9.69 Å². The van der Waals surface area contributed by atoms with Gasteiger partial charge in [0.15, 0.2) is 0 Å². The van der Waals surface area contributed by atoms with E-state index in [1.54, 1.807) is 0 Å². The first kappa shape index (κ1) is 15.7. The molecule has 0 N–H and O–H groups in total. The van der Waals surface area contributed by atoms with E-state index in [1.807, 2.05) is 0 Å². The van der Waals surface area contributed by atoms with Crippen molar-refractivity contribution in [3.63, 3.8) is 0 Å². The van der Waals surface area contributed by atoms with E-state index < -0.39 is 0 Å². The molecular formula is C16H25NO2. The van der Waals surface area contributed by atoms with E-state index in [0.717, 1.165) is 19.5 Å². The van der Waals surface area contributed by atoms with Crippen LogP contribution < -0.4 is 0 Å². The van der Waals surface area contributed by atoms with Crippen LogP contribution in [0.2, 0.25) is 0 Å². The molecule has 0 aliphatic heterocycles. The first-order chi connectivity index (χ1) is 9.06. The van der Waals surface area contributed by atoms with Gasteiger partial charge in [0.2, 0.25) is 0 Å². The van der Waals surface area contributed by atoms with Gasteiger partial charge >= 0.3 is 5.97 Å². The van der Waals surface area contributed by atoms with Crippen molar-refractivity contribution in [3.8, 4) is 0 Å². The minimum absolute atomic E-state index is 0.174. The second kappa shape index (κ2) is 7.95. The Hall–Kier alpha value is -1.35. The summed E-state index contributed by atoms with van der Waals surface area (Å²) in [4.78, 5) is 13.5. The first-order valence-corrected chi connectivity index (χ1v) is 6.94. The number of esters is 1. The molecule has 106 valence electrons. The number of ether oxygens (including phenoxy) is 1. The second-order valence-corrected chi connectivity index (χ2v) is 5.18. The Morgan fingerprint density at radius 1 is 1.26 bits per heavy atom. The Bertz CT molecular complexity index is 384. The molecule has 1 aromatic carbocycles. The Morgan fingerprint density at radius 2 is 1.89 bits per heavy atom. The van der Waals surface area contributed by atoms with Crippen molar-refractivity contribution < 1.29 is 9.53 Å². The highest BCUT2D eigenvalue weighted by molar-refractivity contribution is 5.71. The van der Waals surface area contributed by atoms with Crippen LogP contribution in [0.5, 0.6) is 0 Å². The number of carbonyl (C=O) groups is 1. The SMILES string of the molecule is CCCN(CC(=O)OC)Cc1ccc(C(C)C)cc1. The third-order valence-corrected chi connectivity index (χ3v) is 3.17. The van der Waals surface area contributed by atoms with Gasteiger partial charge in [-0.25, -0.2) is 0 Å². The Kier molecular flexibility index (Phi) is 6.57. The van der Waals surface area contributed by atoms with E-state index in [1.165, 1.54) is 18.2 Å². The summed E-state index contributed by atoms with van der Waals surface area (Å²) in [7, 11) is 1.43. The first-order valence-electron chi connectivity index (χ1n) is 6.94. The molecule has 0 saturated carbocycles. The molecular weight excluding hydrogens is 238 g/mol. The zero-order chi connectivity index (χ0) is 14.3. The van der Waals surface area contributed by atoms with Gasteiger partial charge < -0.3 is 4.74 Å². The third kappa shape index (κ3) is 5.43. The Labute approximate surface area is 116 Å². The van der Waals surface area contributed by atoms with E-state index >= 15 is 0 Å². The van der Waals surface area contributed by atoms with E-state index in [4.69, 9.17) is 4.74 Å². The Balaban J connectivity index is 2.65. The highest BCUT2D eigenvalue weighted by Crippen LogP contribution is 2.15. The van der Waals surface area contributed by atoms with Crippen molar-refractivity contribution in [3.05, 3.63) is 35.4 Å². The lowest BCUT2D eigenvalue weighted by Crippen LogP contribution is -2.30. The van der Waals surface area contributed by atoms with Crippen LogP contribution in [0.4, 0.5) is 0 Å². The number of nitrogens with zero attached hydrogens (tertiary/aromatic N) is 1. The topological polar surface area (TPSA) is 29.5 Å². The van der Waals surface area contributed by atoms with Crippen LogP contribution in [-0.2, 0) is 16.1 Å². The lowest BCUT2D eigenvalue weighted by molar-refractivity contribution is -0.142. The number of methoxy groups -OCH3 is 1. The minimum atomic E-state index is -0.174. The van der Waals surface area contributed by atoms with Crippen LogP contribution in [0.15, 0.2) is 24.3 Å². The van der Waals surface area contributed by atoms with Gasteiger partial charge in [-0.05, 0) is 30.0 Å². The highest BCUT2D eigenvalue weighted by atomic mass is 16.5. The van der Waals surface area contributed by atoms with Crippen molar-refractivity contribution in [2.75, 3.05) is 20.2 Å². The summed E-state index contributed by atoms with van der Waals surface area (Å²) < 4.78 is 4.73. The van der Waals surface area contributed by atoms with E-state index in [-0.39, 0.29) is 5.97 Å². The molecule has 0 radical (unpaired) electrons. The number of carbonyl (C=O) groups excluding carboxylic acids is 1. The molecule has 1 rings (SSSR count).